The minimum Gasteiger partial charge on any atom is -0.481 e. The quantitative estimate of drug-likeness (QED) is 0.547. The second-order valence-corrected chi connectivity index (χ2v) is 7.24. The number of rotatable bonds is 6. The van der Waals surface area contributed by atoms with Crippen molar-refractivity contribution in [2.75, 3.05) is 5.32 Å². The Morgan fingerprint density at radius 2 is 1.63 bits per heavy atom. The predicted octanol–water partition coefficient (Wildman–Crippen LogP) is 3.06. The number of ether oxygens (including phenoxy) is 1. The summed E-state index contributed by atoms with van der Waals surface area (Å²) in [7, 11) is 0. The molecule has 4 N–H and O–H groups in total. The first-order chi connectivity index (χ1) is 14.2. The smallest absolute Gasteiger partial charge is 0.319 e. The third-order valence-electron chi connectivity index (χ3n) is 4.33. The summed E-state index contributed by atoms with van der Waals surface area (Å²) in [4.78, 5) is 36.4. The molecule has 0 aliphatic carbocycles. The van der Waals surface area contributed by atoms with E-state index in [1.54, 1.807) is 31.2 Å². The van der Waals surface area contributed by atoms with Gasteiger partial charge in [0.2, 0.25) is 0 Å². The van der Waals surface area contributed by atoms with Crippen LogP contribution in [0.15, 0.2) is 42.5 Å². The lowest BCUT2D eigenvalue weighted by Crippen LogP contribution is -2.47. The van der Waals surface area contributed by atoms with Crippen LogP contribution in [0.5, 0.6) is 5.75 Å². The summed E-state index contributed by atoms with van der Waals surface area (Å²) in [6.07, 6.45) is -0.807. The van der Waals surface area contributed by atoms with Crippen LogP contribution in [0.1, 0.15) is 42.3 Å². The third kappa shape index (κ3) is 6.51. The van der Waals surface area contributed by atoms with Gasteiger partial charge in [0, 0.05) is 17.3 Å². The highest BCUT2D eigenvalue weighted by atomic mass is 16.5. The van der Waals surface area contributed by atoms with Gasteiger partial charge in [0.1, 0.15) is 5.75 Å². The maximum atomic E-state index is 12.3. The van der Waals surface area contributed by atoms with Gasteiger partial charge in [0.25, 0.3) is 11.8 Å². The average Bonchev–Trinajstić information content (AvgIpc) is 2.68. The summed E-state index contributed by atoms with van der Waals surface area (Å²) in [6, 6.07) is 11.6. The first kappa shape index (κ1) is 22.7. The van der Waals surface area contributed by atoms with E-state index in [1.807, 2.05) is 39.8 Å². The number of carbonyl (C=O) groups excluding carboxylic acids is 3. The molecule has 0 spiro atoms. The number of aryl methyl sites for hydroxylation is 1. The second kappa shape index (κ2) is 10.3. The fourth-order valence-corrected chi connectivity index (χ4v) is 2.56. The number of hydrazine groups is 1. The molecule has 0 aliphatic rings. The fraction of sp³-hybridized carbons (Fsp3) is 0.318. The van der Waals surface area contributed by atoms with Crippen molar-refractivity contribution in [1.29, 1.82) is 0 Å². The lowest BCUT2D eigenvalue weighted by molar-refractivity contribution is -0.128. The second-order valence-electron chi connectivity index (χ2n) is 7.24. The molecule has 1 atom stereocenters. The van der Waals surface area contributed by atoms with Gasteiger partial charge in [-0.25, -0.2) is 4.79 Å². The van der Waals surface area contributed by atoms with Gasteiger partial charge in [-0.1, -0.05) is 18.2 Å². The highest BCUT2D eigenvalue weighted by molar-refractivity contribution is 5.98. The van der Waals surface area contributed by atoms with Crippen LogP contribution < -0.4 is 26.2 Å². The molecule has 8 nitrogen and oxygen atoms in total. The first-order valence-electron chi connectivity index (χ1n) is 9.68. The molecule has 4 amide bonds. The molecule has 0 fully saturated rings. The van der Waals surface area contributed by atoms with Crippen LogP contribution in [0.3, 0.4) is 0 Å². The zero-order valence-electron chi connectivity index (χ0n) is 17.8. The van der Waals surface area contributed by atoms with Crippen LogP contribution in [-0.4, -0.2) is 30.0 Å². The summed E-state index contributed by atoms with van der Waals surface area (Å²) < 4.78 is 5.70. The molecule has 0 radical (unpaired) electrons. The van der Waals surface area contributed by atoms with E-state index in [9.17, 15) is 14.4 Å². The van der Waals surface area contributed by atoms with Gasteiger partial charge in [0.15, 0.2) is 6.10 Å². The van der Waals surface area contributed by atoms with Gasteiger partial charge >= 0.3 is 6.03 Å². The summed E-state index contributed by atoms with van der Waals surface area (Å²) in [5.41, 5.74) is 7.46. The van der Waals surface area contributed by atoms with Gasteiger partial charge in [-0.3, -0.25) is 20.4 Å². The van der Waals surface area contributed by atoms with Crippen molar-refractivity contribution in [2.24, 2.45) is 0 Å². The fourth-order valence-electron chi connectivity index (χ4n) is 2.56. The SMILES string of the molecule is Cc1cccc(OC(C)C(=O)NNC(=O)c2cccc(NC(=O)NC(C)C)c2)c1C. The third-order valence-corrected chi connectivity index (χ3v) is 4.33. The molecule has 1 unspecified atom stereocenters. The molecular weight excluding hydrogens is 384 g/mol. The number of benzene rings is 2. The molecule has 2 aromatic rings. The molecular formula is C22H28N4O4. The minimum atomic E-state index is -0.807. The molecule has 0 saturated carbocycles. The number of carbonyl (C=O) groups is 3. The van der Waals surface area contributed by atoms with Crippen molar-refractivity contribution in [3.05, 3.63) is 59.2 Å². The van der Waals surface area contributed by atoms with Crippen LogP contribution in [0, 0.1) is 13.8 Å². The maximum absolute atomic E-state index is 12.3. The number of hydrogen-bond acceptors (Lipinski definition) is 4. The number of urea groups is 1. The number of anilines is 1. The van der Waals surface area contributed by atoms with Gasteiger partial charge in [-0.05, 0) is 70.0 Å². The highest BCUT2D eigenvalue weighted by Gasteiger charge is 2.17. The largest absolute Gasteiger partial charge is 0.481 e. The van der Waals surface area contributed by atoms with Gasteiger partial charge in [0.05, 0.1) is 0 Å². The zero-order valence-corrected chi connectivity index (χ0v) is 17.8. The van der Waals surface area contributed by atoms with E-state index in [0.717, 1.165) is 11.1 Å². The molecule has 0 aromatic heterocycles. The highest BCUT2D eigenvalue weighted by Crippen LogP contribution is 2.21. The Labute approximate surface area is 176 Å². The van der Waals surface area contributed by atoms with Crippen molar-refractivity contribution in [1.82, 2.24) is 16.2 Å². The molecule has 30 heavy (non-hydrogen) atoms. The lowest BCUT2D eigenvalue weighted by Gasteiger charge is -2.17. The predicted molar refractivity (Wildman–Crippen MR) is 115 cm³/mol. The van der Waals surface area contributed by atoms with Crippen molar-refractivity contribution < 1.29 is 19.1 Å². The van der Waals surface area contributed by atoms with E-state index in [0.29, 0.717) is 11.4 Å². The van der Waals surface area contributed by atoms with Crippen molar-refractivity contribution in [2.45, 2.75) is 46.8 Å². The molecule has 2 aromatic carbocycles. The summed E-state index contributed by atoms with van der Waals surface area (Å²) >= 11 is 0. The Bertz CT molecular complexity index is 927. The van der Waals surface area contributed by atoms with Gasteiger partial charge in [-0.15, -0.1) is 0 Å². The minimum absolute atomic E-state index is 0.0144. The Balaban J connectivity index is 1.91. The molecule has 0 aliphatic heterocycles. The van der Waals surface area contributed by atoms with Crippen molar-refractivity contribution >= 4 is 23.5 Å². The van der Waals surface area contributed by atoms with Crippen LogP contribution >= 0.6 is 0 Å². The van der Waals surface area contributed by atoms with E-state index >= 15 is 0 Å². The van der Waals surface area contributed by atoms with Crippen LogP contribution in [0.25, 0.3) is 0 Å². The number of hydrogen-bond donors (Lipinski definition) is 4. The summed E-state index contributed by atoms with van der Waals surface area (Å²) in [5.74, 6) is -0.396. The standard InChI is InChI=1S/C22H28N4O4/c1-13(2)23-22(29)24-18-10-7-9-17(12-18)21(28)26-25-20(27)16(5)30-19-11-6-8-14(3)15(19)4/h6-13,16H,1-5H3,(H,25,27)(H,26,28)(H2,23,24,29). The van der Waals surface area contributed by atoms with Gasteiger partial charge in [-0.2, -0.15) is 0 Å². The summed E-state index contributed by atoms with van der Waals surface area (Å²) in [5, 5.41) is 5.35. The van der Waals surface area contributed by atoms with E-state index in [2.05, 4.69) is 21.5 Å². The number of nitrogens with one attached hydrogen (secondary N) is 4. The van der Waals surface area contributed by atoms with E-state index in [1.165, 1.54) is 6.07 Å². The zero-order chi connectivity index (χ0) is 22.3. The average molecular weight is 412 g/mol. The lowest BCUT2D eigenvalue weighted by atomic mass is 10.1. The van der Waals surface area contributed by atoms with Crippen LogP contribution in [0.2, 0.25) is 0 Å². The Morgan fingerprint density at radius 3 is 2.33 bits per heavy atom. The first-order valence-corrected chi connectivity index (χ1v) is 9.68. The van der Waals surface area contributed by atoms with Crippen LogP contribution in [-0.2, 0) is 4.79 Å². The molecule has 0 heterocycles. The molecule has 0 bridgehead atoms. The Kier molecular flexibility index (Phi) is 7.80. The van der Waals surface area contributed by atoms with Gasteiger partial charge < -0.3 is 15.4 Å². The van der Waals surface area contributed by atoms with E-state index in [-0.39, 0.29) is 17.6 Å². The monoisotopic (exact) mass is 412 g/mol. The Hall–Kier alpha value is -3.55. The summed E-state index contributed by atoms with van der Waals surface area (Å²) in [6.45, 7) is 9.16. The molecule has 2 rings (SSSR count). The van der Waals surface area contributed by atoms with Crippen LogP contribution in [0.4, 0.5) is 10.5 Å². The van der Waals surface area contributed by atoms with Crippen molar-refractivity contribution in [3.8, 4) is 5.75 Å². The Morgan fingerprint density at radius 1 is 0.933 bits per heavy atom. The number of amides is 4. The van der Waals surface area contributed by atoms with E-state index in [4.69, 9.17) is 4.74 Å². The maximum Gasteiger partial charge on any atom is 0.319 e. The van der Waals surface area contributed by atoms with Crippen molar-refractivity contribution in [3.63, 3.8) is 0 Å². The molecule has 0 saturated heterocycles. The molecule has 160 valence electrons. The van der Waals surface area contributed by atoms with E-state index < -0.39 is 17.9 Å². The molecule has 8 heteroatoms. The topological polar surface area (TPSA) is 109 Å². The normalized spacial score (nSPS) is 11.4.